The van der Waals surface area contributed by atoms with Gasteiger partial charge in [-0.15, -0.1) is 0 Å². The van der Waals surface area contributed by atoms with E-state index in [0.29, 0.717) is 12.0 Å². The standard InChI is InChI=1S/C25H47NO2/c1-22-23(25(2,3)19-18-24(22)26-21-28)17-15-13-11-9-7-5-4-6-8-10-12-14-16-20-27/h21,24,27H,4-20H2,1-3H3,(H,26,28). The summed E-state index contributed by atoms with van der Waals surface area (Å²) >= 11 is 0. The Labute approximate surface area is 174 Å². The van der Waals surface area contributed by atoms with Crippen LogP contribution in [0.2, 0.25) is 0 Å². The highest BCUT2D eigenvalue weighted by Crippen LogP contribution is 2.42. The van der Waals surface area contributed by atoms with Crippen LogP contribution < -0.4 is 5.32 Å². The molecule has 3 nitrogen and oxygen atoms in total. The fourth-order valence-electron chi connectivity index (χ4n) is 4.80. The summed E-state index contributed by atoms with van der Waals surface area (Å²) in [5.41, 5.74) is 3.31. The van der Waals surface area contributed by atoms with Gasteiger partial charge in [-0.3, -0.25) is 4.79 Å². The predicted molar refractivity (Wildman–Crippen MR) is 120 cm³/mol. The van der Waals surface area contributed by atoms with E-state index < -0.39 is 0 Å². The van der Waals surface area contributed by atoms with Gasteiger partial charge in [-0.05, 0) is 44.4 Å². The number of carbonyl (C=O) groups is 1. The normalized spacial score (nSPS) is 19.1. The van der Waals surface area contributed by atoms with Crippen LogP contribution in [0.3, 0.4) is 0 Å². The molecule has 0 aromatic heterocycles. The fraction of sp³-hybridized carbons (Fsp3) is 0.880. The number of unbranched alkanes of at least 4 members (excludes halogenated alkanes) is 12. The van der Waals surface area contributed by atoms with Gasteiger partial charge < -0.3 is 10.4 Å². The molecule has 0 spiro atoms. The lowest BCUT2D eigenvalue weighted by Crippen LogP contribution is -2.36. The lowest BCUT2D eigenvalue weighted by atomic mass is 9.69. The van der Waals surface area contributed by atoms with Gasteiger partial charge in [0.15, 0.2) is 0 Å². The van der Waals surface area contributed by atoms with E-state index in [4.69, 9.17) is 5.11 Å². The van der Waals surface area contributed by atoms with Gasteiger partial charge in [-0.25, -0.2) is 0 Å². The highest BCUT2D eigenvalue weighted by molar-refractivity contribution is 5.48. The van der Waals surface area contributed by atoms with E-state index in [2.05, 4.69) is 26.1 Å². The van der Waals surface area contributed by atoms with Gasteiger partial charge in [0.2, 0.25) is 6.41 Å². The minimum Gasteiger partial charge on any atom is -0.396 e. The molecule has 3 heteroatoms. The topological polar surface area (TPSA) is 49.3 Å². The van der Waals surface area contributed by atoms with Crippen molar-refractivity contribution in [3.8, 4) is 0 Å². The molecule has 0 fully saturated rings. The second kappa shape index (κ2) is 15.1. The Kier molecular flexibility index (Phi) is 13.6. The van der Waals surface area contributed by atoms with Crippen LogP contribution in [0.25, 0.3) is 0 Å². The molecule has 0 aromatic carbocycles. The second-order valence-electron chi connectivity index (χ2n) is 9.49. The van der Waals surface area contributed by atoms with Crippen LogP contribution in [0.15, 0.2) is 11.1 Å². The van der Waals surface area contributed by atoms with E-state index >= 15 is 0 Å². The zero-order valence-corrected chi connectivity index (χ0v) is 19.0. The number of carbonyl (C=O) groups excluding carboxylic acids is 1. The first-order valence-corrected chi connectivity index (χ1v) is 12.0. The van der Waals surface area contributed by atoms with Crippen LogP contribution in [0.1, 0.15) is 124 Å². The minimum atomic E-state index is 0.259. The zero-order valence-electron chi connectivity index (χ0n) is 19.0. The van der Waals surface area contributed by atoms with Gasteiger partial charge in [0, 0.05) is 12.6 Å². The maximum atomic E-state index is 10.8. The molecule has 28 heavy (non-hydrogen) atoms. The van der Waals surface area contributed by atoms with Crippen molar-refractivity contribution >= 4 is 6.41 Å². The summed E-state index contributed by atoms with van der Waals surface area (Å²) in [6.07, 6.45) is 21.4. The number of amides is 1. The Morgan fingerprint density at radius 2 is 1.36 bits per heavy atom. The summed E-state index contributed by atoms with van der Waals surface area (Å²) in [5, 5.41) is 11.8. The van der Waals surface area contributed by atoms with Crippen molar-refractivity contribution in [1.82, 2.24) is 5.32 Å². The van der Waals surface area contributed by atoms with Crippen molar-refractivity contribution in [2.45, 2.75) is 130 Å². The molecule has 1 atom stereocenters. The average molecular weight is 394 g/mol. The molecule has 1 amide bonds. The molecule has 0 aliphatic heterocycles. The summed E-state index contributed by atoms with van der Waals surface area (Å²) in [6, 6.07) is 0.259. The lowest BCUT2D eigenvalue weighted by Gasteiger charge is -2.38. The third-order valence-corrected chi connectivity index (χ3v) is 6.73. The van der Waals surface area contributed by atoms with Gasteiger partial charge in [-0.2, -0.15) is 0 Å². The number of hydrogen-bond donors (Lipinski definition) is 2. The third kappa shape index (κ3) is 10.1. The Morgan fingerprint density at radius 1 is 0.893 bits per heavy atom. The van der Waals surface area contributed by atoms with Gasteiger partial charge >= 0.3 is 0 Å². The first-order chi connectivity index (χ1) is 13.5. The smallest absolute Gasteiger partial charge is 0.207 e. The summed E-state index contributed by atoms with van der Waals surface area (Å²) in [5.74, 6) is 0. The van der Waals surface area contributed by atoms with Crippen LogP contribution in [-0.2, 0) is 4.79 Å². The molecule has 0 heterocycles. The molecule has 164 valence electrons. The first kappa shape index (κ1) is 25.2. The number of aliphatic hydroxyl groups is 1. The van der Waals surface area contributed by atoms with E-state index in [-0.39, 0.29) is 6.04 Å². The molecule has 0 bridgehead atoms. The molecule has 0 saturated heterocycles. The SMILES string of the molecule is CC1=C(CCCCCCCCCCCCCCCO)C(C)(C)CCC1NC=O. The molecule has 1 aliphatic carbocycles. The summed E-state index contributed by atoms with van der Waals surface area (Å²) < 4.78 is 0. The average Bonchev–Trinajstić information content (AvgIpc) is 2.66. The van der Waals surface area contributed by atoms with Crippen molar-refractivity contribution in [2.24, 2.45) is 5.41 Å². The quantitative estimate of drug-likeness (QED) is 0.164. The predicted octanol–water partition coefficient (Wildman–Crippen LogP) is 6.69. The van der Waals surface area contributed by atoms with Gasteiger partial charge in [0.05, 0.1) is 0 Å². The van der Waals surface area contributed by atoms with Crippen LogP contribution in [0.4, 0.5) is 0 Å². The molecule has 1 aliphatic rings. The molecule has 1 unspecified atom stereocenters. The van der Waals surface area contributed by atoms with Gasteiger partial charge in [-0.1, -0.05) is 95.6 Å². The molecule has 1 rings (SSSR count). The maximum absolute atomic E-state index is 10.8. The molecule has 0 radical (unpaired) electrons. The number of hydrogen-bond acceptors (Lipinski definition) is 2. The first-order valence-electron chi connectivity index (χ1n) is 12.0. The minimum absolute atomic E-state index is 0.259. The van der Waals surface area contributed by atoms with Gasteiger partial charge in [0.25, 0.3) is 0 Å². The van der Waals surface area contributed by atoms with E-state index in [0.717, 1.165) is 19.3 Å². The number of allylic oxidation sites excluding steroid dienone is 1. The number of aliphatic hydroxyl groups excluding tert-OH is 1. The van der Waals surface area contributed by atoms with Gasteiger partial charge in [0.1, 0.15) is 0 Å². The molecular weight excluding hydrogens is 346 g/mol. The second-order valence-corrected chi connectivity index (χ2v) is 9.49. The van der Waals surface area contributed by atoms with E-state index in [9.17, 15) is 4.79 Å². The Morgan fingerprint density at radius 3 is 1.82 bits per heavy atom. The number of rotatable bonds is 17. The summed E-state index contributed by atoms with van der Waals surface area (Å²) in [6.45, 7) is 7.32. The van der Waals surface area contributed by atoms with Crippen molar-refractivity contribution in [2.75, 3.05) is 6.61 Å². The highest BCUT2D eigenvalue weighted by Gasteiger charge is 2.32. The van der Waals surface area contributed by atoms with E-state index in [1.165, 1.54) is 95.5 Å². The zero-order chi connectivity index (χ0) is 20.7. The van der Waals surface area contributed by atoms with Crippen LogP contribution in [-0.4, -0.2) is 24.2 Å². The lowest BCUT2D eigenvalue weighted by molar-refractivity contribution is -0.110. The van der Waals surface area contributed by atoms with E-state index in [1.54, 1.807) is 5.57 Å². The van der Waals surface area contributed by atoms with Crippen molar-refractivity contribution < 1.29 is 9.90 Å². The molecule has 0 aromatic rings. The van der Waals surface area contributed by atoms with E-state index in [1.807, 2.05) is 0 Å². The maximum Gasteiger partial charge on any atom is 0.207 e. The summed E-state index contributed by atoms with van der Waals surface area (Å²) in [7, 11) is 0. The van der Waals surface area contributed by atoms with Crippen molar-refractivity contribution in [3.05, 3.63) is 11.1 Å². The Balaban J connectivity index is 2.06. The molecular formula is C25H47NO2. The number of nitrogens with one attached hydrogen (secondary N) is 1. The Hall–Kier alpha value is -0.830. The largest absolute Gasteiger partial charge is 0.396 e. The fourth-order valence-corrected chi connectivity index (χ4v) is 4.80. The molecule has 0 saturated carbocycles. The monoisotopic (exact) mass is 393 g/mol. The van der Waals surface area contributed by atoms with Crippen LogP contribution >= 0.6 is 0 Å². The summed E-state index contributed by atoms with van der Waals surface area (Å²) in [4.78, 5) is 10.8. The highest BCUT2D eigenvalue weighted by atomic mass is 16.2. The van der Waals surface area contributed by atoms with Crippen LogP contribution in [0.5, 0.6) is 0 Å². The molecule has 2 N–H and O–H groups in total. The van der Waals surface area contributed by atoms with Crippen molar-refractivity contribution in [3.63, 3.8) is 0 Å². The van der Waals surface area contributed by atoms with Crippen molar-refractivity contribution in [1.29, 1.82) is 0 Å². The Bertz CT molecular complexity index is 442. The third-order valence-electron chi connectivity index (χ3n) is 6.73. The van der Waals surface area contributed by atoms with Crippen LogP contribution in [0, 0.1) is 5.41 Å².